The van der Waals surface area contributed by atoms with Crippen molar-refractivity contribution in [2.75, 3.05) is 13.1 Å². The molecule has 0 unspecified atom stereocenters. The average Bonchev–Trinajstić information content (AvgIpc) is 2.45. The molecular formula is C11H19NO2. The monoisotopic (exact) mass is 197 g/mol. The minimum atomic E-state index is -0.00778. The van der Waals surface area contributed by atoms with Gasteiger partial charge in [0.15, 0.2) is 0 Å². The summed E-state index contributed by atoms with van der Waals surface area (Å²) in [5, 5.41) is 0. The third-order valence-corrected chi connectivity index (χ3v) is 3.27. The number of esters is 1. The highest BCUT2D eigenvalue weighted by molar-refractivity contribution is 5.78. The van der Waals surface area contributed by atoms with E-state index in [-0.39, 0.29) is 18.1 Å². The van der Waals surface area contributed by atoms with E-state index < -0.39 is 0 Å². The van der Waals surface area contributed by atoms with Crippen LogP contribution < -0.4 is 0 Å². The van der Waals surface area contributed by atoms with Crippen molar-refractivity contribution in [1.82, 2.24) is 4.90 Å². The number of likely N-dealkylation sites (tertiary alicyclic amines) is 1. The first-order valence-electron chi connectivity index (χ1n) is 5.61. The molecule has 3 nitrogen and oxygen atoms in total. The summed E-state index contributed by atoms with van der Waals surface area (Å²) in [6.07, 6.45) is 3.52. The molecule has 3 heteroatoms. The van der Waals surface area contributed by atoms with Crippen LogP contribution in [0, 0.1) is 5.92 Å². The fourth-order valence-corrected chi connectivity index (χ4v) is 2.54. The molecule has 0 N–H and O–H groups in total. The maximum Gasteiger partial charge on any atom is 0.323 e. The number of carbonyl (C=O) groups excluding carboxylic acids is 1. The van der Waals surface area contributed by atoms with E-state index in [1.807, 2.05) is 6.92 Å². The lowest BCUT2D eigenvalue weighted by atomic mass is 9.98. The number of rotatable bonds is 1. The van der Waals surface area contributed by atoms with Crippen LogP contribution in [0.5, 0.6) is 0 Å². The van der Waals surface area contributed by atoms with Crippen LogP contribution in [-0.2, 0) is 9.53 Å². The zero-order valence-corrected chi connectivity index (χ0v) is 9.03. The molecule has 2 aliphatic heterocycles. The molecule has 0 amide bonds. The summed E-state index contributed by atoms with van der Waals surface area (Å²) >= 11 is 0. The van der Waals surface area contributed by atoms with Crippen molar-refractivity contribution < 1.29 is 9.53 Å². The van der Waals surface area contributed by atoms with E-state index in [9.17, 15) is 4.79 Å². The van der Waals surface area contributed by atoms with Gasteiger partial charge < -0.3 is 4.74 Å². The Morgan fingerprint density at radius 2 is 2.21 bits per heavy atom. The highest BCUT2D eigenvalue weighted by Crippen LogP contribution is 2.25. The van der Waals surface area contributed by atoms with Crippen LogP contribution in [0.25, 0.3) is 0 Å². The lowest BCUT2D eigenvalue weighted by Gasteiger charge is -2.33. The molecule has 0 aromatic carbocycles. The fraction of sp³-hybridized carbons (Fsp3) is 0.909. The number of hydrogen-bond acceptors (Lipinski definition) is 3. The lowest BCUT2D eigenvalue weighted by molar-refractivity contribution is -0.145. The van der Waals surface area contributed by atoms with Gasteiger partial charge in [-0.05, 0) is 32.2 Å². The average molecular weight is 197 g/mol. The Kier molecular flexibility index (Phi) is 2.77. The zero-order valence-electron chi connectivity index (χ0n) is 9.03. The van der Waals surface area contributed by atoms with Gasteiger partial charge in [-0.25, -0.2) is 0 Å². The molecule has 2 saturated heterocycles. The van der Waals surface area contributed by atoms with Gasteiger partial charge in [-0.15, -0.1) is 0 Å². The molecule has 0 aromatic heterocycles. The van der Waals surface area contributed by atoms with E-state index in [1.54, 1.807) is 0 Å². The van der Waals surface area contributed by atoms with Gasteiger partial charge in [0.1, 0.15) is 12.1 Å². The Hall–Kier alpha value is -0.570. The van der Waals surface area contributed by atoms with Gasteiger partial charge in [0.2, 0.25) is 0 Å². The van der Waals surface area contributed by atoms with E-state index in [0.717, 1.165) is 25.4 Å². The molecule has 0 bridgehead atoms. The van der Waals surface area contributed by atoms with Gasteiger partial charge in [0.05, 0.1) is 0 Å². The lowest BCUT2D eigenvalue weighted by Crippen LogP contribution is -2.44. The summed E-state index contributed by atoms with van der Waals surface area (Å²) < 4.78 is 5.18. The quantitative estimate of drug-likeness (QED) is 0.595. The molecule has 0 radical (unpaired) electrons. The first-order chi connectivity index (χ1) is 6.66. The largest absolute Gasteiger partial charge is 0.461 e. The summed E-state index contributed by atoms with van der Waals surface area (Å²) in [7, 11) is 0. The van der Waals surface area contributed by atoms with Crippen molar-refractivity contribution in [3.8, 4) is 0 Å². The third-order valence-electron chi connectivity index (χ3n) is 3.27. The second kappa shape index (κ2) is 3.89. The molecule has 3 atom stereocenters. The number of piperidine rings is 1. The Balaban J connectivity index is 1.97. The highest BCUT2D eigenvalue weighted by atomic mass is 16.6. The molecular weight excluding hydrogens is 178 g/mol. The van der Waals surface area contributed by atoms with Crippen LogP contribution in [0.2, 0.25) is 0 Å². The summed E-state index contributed by atoms with van der Waals surface area (Å²) in [4.78, 5) is 13.8. The van der Waals surface area contributed by atoms with Crippen LogP contribution in [0.15, 0.2) is 0 Å². The second-order valence-corrected chi connectivity index (χ2v) is 4.74. The second-order valence-electron chi connectivity index (χ2n) is 4.74. The van der Waals surface area contributed by atoms with Gasteiger partial charge in [-0.3, -0.25) is 9.69 Å². The van der Waals surface area contributed by atoms with Gasteiger partial charge >= 0.3 is 5.97 Å². The number of carbonyl (C=O) groups is 1. The SMILES string of the molecule is C[C@@H]1CCCN([C@H]2C[C@H](C)OC2=O)C1. The van der Waals surface area contributed by atoms with Crippen molar-refractivity contribution in [2.24, 2.45) is 5.92 Å². The van der Waals surface area contributed by atoms with Crippen molar-refractivity contribution in [3.63, 3.8) is 0 Å². The molecule has 2 heterocycles. The predicted molar refractivity (Wildman–Crippen MR) is 53.9 cm³/mol. The van der Waals surface area contributed by atoms with Gasteiger partial charge in [0, 0.05) is 13.0 Å². The van der Waals surface area contributed by atoms with E-state index in [4.69, 9.17) is 4.74 Å². The third kappa shape index (κ3) is 1.92. The first-order valence-corrected chi connectivity index (χ1v) is 5.61. The number of hydrogen-bond donors (Lipinski definition) is 0. The number of cyclic esters (lactones) is 1. The molecule has 0 aromatic rings. The van der Waals surface area contributed by atoms with E-state index in [0.29, 0.717) is 0 Å². The molecule has 80 valence electrons. The van der Waals surface area contributed by atoms with Gasteiger partial charge in [-0.2, -0.15) is 0 Å². The van der Waals surface area contributed by atoms with Crippen LogP contribution in [0.3, 0.4) is 0 Å². The molecule has 14 heavy (non-hydrogen) atoms. The molecule has 2 fully saturated rings. The zero-order chi connectivity index (χ0) is 10.1. The smallest absolute Gasteiger partial charge is 0.323 e. The number of nitrogens with zero attached hydrogens (tertiary/aromatic N) is 1. The standard InChI is InChI=1S/C11H19NO2/c1-8-4-3-5-12(7-8)10-6-9(2)14-11(10)13/h8-10H,3-7H2,1-2H3/t8-,9+,10+/m1/s1. The van der Waals surface area contributed by atoms with Crippen LogP contribution in [0.1, 0.15) is 33.1 Å². The van der Waals surface area contributed by atoms with Crippen molar-refractivity contribution in [1.29, 1.82) is 0 Å². The van der Waals surface area contributed by atoms with Crippen molar-refractivity contribution >= 4 is 5.97 Å². The maximum atomic E-state index is 11.5. The maximum absolute atomic E-state index is 11.5. The number of ether oxygens (including phenoxy) is 1. The van der Waals surface area contributed by atoms with Gasteiger partial charge in [-0.1, -0.05) is 6.92 Å². The molecule has 0 aliphatic carbocycles. The summed E-state index contributed by atoms with van der Waals surface area (Å²) in [5.74, 6) is 0.721. The Morgan fingerprint density at radius 3 is 2.79 bits per heavy atom. The van der Waals surface area contributed by atoms with Crippen LogP contribution >= 0.6 is 0 Å². The topological polar surface area (TPSA) is 29.5 Å². The Bertz CT molecular complexity index is 229. The van der Waals surface area contributed by atoms with E-state index in [1.165, 1.54) is 12.8 Å². The van der Waals surface area contributed by atoms with Crippen molar-refractivity contribution in [2.45, 2.75) is 45.3 Å². The van der Waals surface area contributed by atoms with Crippen LogP contribution in [-0.4, -0.2) is 36.1 Å². The summed E-state index contributed by atoms with van der Waals surface area (Å²) in [6.45, 7) is 6.37. The summed E-state index contributed by atoms with van der Waals surface area (Å²) in [6, 6.07) is 0.0488. The van der Waals surface area contributed by atoms with E-state index >= 15 is 0 Å². The molecule has 2 aliphatic rings. The molecule has 0 saturated carbocycles. The normalized spacial score (nSPS) is 39.9. The van der Waals surface area contributed by atoms with Crippen molar-refractivity contribution in [3.05, 3.63) is 0 Å². The molecule has 0 spiro atoms. The predicted octanol–water partition coefficient (Wildman–Crippen LogP) is 1.42. The Morgan fingerprint density at radius 1 is 1.43 bits per heavy atom. The fourth-order valence-electron chi connectivity index (χ4n) is 2.54. The first kappa shape index (κ1) is 9.97. The minimum absolute atomic E-state index is 0.00778. The summed E-state index contributed by atoms with van der Waals surface area (Å²) in [5.41, 5.74) is 0. The Labute approximate surface area is 85.4 Å². The minimum Gasteiger partial charge on any atom is -0.461 e. The van der Waals surface area contributed by atoms with Gasteiger partial charge in [0.25, 0.3) is 0 Å². The van der Waals surface area contributed by atoms with Crippen LogP contribution in [0.4, 0.5) is 0 Å². The molecule has 2 rings (SSSR count). The van der Waals surface area contributed by atoms with E-state index in [2.05, 4.69) is 11.8 Å². The highest BCUT2D eigenvalue weighted by Gasteiger charge is 2.37.